The molecule has 2 N–H and O–H groups in total. The van der Waals surface area contributed by atoms with E-state index in [-0.39, 0.29) is 11.9 Å². The van der Waals surface area contributed by atoms with Crippen LogP contribution in [0.4, 0.5) is 0 Å². The summed E-state index contributed by atoms with van der Waals surface area (Å²) in [6, 6.07) is 12.2. The number of carbonyl (C=O) groups is 1. The Kier molecular flexibility index (Phi) is 4.34. The van der Waals surface area contributed by atoms with Crippen LogP contribution < -0.4 is 5.32 Å². The highest BCUT2D eigenvalue weighted by molar-refractivity contribution is 5.78. The summed E-state index contributed by atoms with van der Waals surface area (Å²) in [6.45, 7) is 0. The Bertz CT molecular complexity index is 561. The third-order valence-corrected chi connectivity index (χ3v) is 4.24. The average Bonchev–Trinajstić information content (AvgIpc) is 2.95. The standard InChI is InChI=1S/C17H21N3O/c21-17(12-15-9-10-18-20-15)19-16(11-13-5-4-6-13)14-7-2-1-3-8-14/h1-3,7-10,13,16H,4-6,11-12H2,(H,18,20)(H,19,21)/t16-/m0/s1. The quantitative estimate of drug-likeness (QED) is 0.856. The van der Waals surface area contributed by atoms with Crippen molar-refractivity contribution in [3.63, 3.8) is 0 Å². The van der Waals surface area contributed by atoms with Gasteiger partial charge < -0.3 is 5.32 Å². The van der Waals surface area contributed by atoms with Crippen LogP contribution in [0.5, 0.6) is 0 Å². The van der Waals surface area contributed by atoms with Gasteiger partial charge in [0.25, 0.3) is 0 Å². The number of aromatic amines is 1. The van der Waals surface area contributed by atoms with Crippen molar-refractivity contribution in [1.29, 1.82) is 0 Å². The van der Waals surface area contributed by atoms with Crippen molar-refractivity contribution in [1.82, 2.24) is 15.5 Å². The van der Waals surface area contributed by atoms with Gasteiger partial charge >= 0.3 is 0 Å². The molecule has 1 heterocycles. The summed E-state index contributed by atoms with van der Waals surface area (Å²) >= 11 is 0. The van der Waals surface area contributed by atoms with Crippen molar-refractivity contribution in [2.45, 2.75) is 38.1 Å². The van der Waals surface area contributed by atoms with E-state index in [1.165, 1.54) is 24.8 Å². The fourth-order valence-corrected chi connectivity index (χ4v) is 2.83. The maximum absolute atomic E-state index is 12.2. The van der Waals surface area contributed by atoms with Crippen LogP contribution in [0, 0.1) is 5.92 Å². The van der Waals surface area contributed by atoms with Crippen LogP contribution in [-0.4, -0.2) is 16.1 Å². The van der Waals surface area contributed by atoms with Gasteiger partial charge in [-0.25, -0.2) is 0 Å². The molecule has 2 aromatic rings. The maximum Gasteiger partial charge on any atom is 0.226 e. The second-order valence-electron chi connectivity index (χ2n) is 5.82. The van der Waals surface area contributed by atoms with Crippen molar-refractivity contribution in [2.75, 3.05) is 0 Å². The molecule has 1 fully saturated rings. The zero-order valence-electron chi connectivity index (χ0n) is 12.1. The number of H-pyrrole nitrogens is 1. The van der Waals surface area contributed by atoms with Crippen LogP contribution in [0.1, 0.15) is 43.0 Å². The lowest BCUT2D eigenvalue weighted by Gasteiger charge is -2.30. The summed E-state index contributed by atoms with van der Waals surface area (Å²) in [5.41, 5.74) is 2.05. The molecule has 1 amide bonds. The zero-order valence-corrected chi connectivity index (χ0v) is 12.1. The largest absolute Gasteiger partial charge is 0.349 e. The van der Waals surface area contributed by atoms with Crippen molar-refractivity contribution in [3.05, 3.63) is 53.9 Å². The Morgan fingerprint density at radius 1 is 1.29 bits per heavy atom. The fraction of sp³-hybridized carbons (Fsp3) is 0.412. The zero-order chi connectivity index (χ0) is 14.5. The Morgan fingerprint density at radius 3 is 2.71 bits per heavy atom. The molecule has 21 heavy (non-hydrogen) atoms. The van der Waals surface area contributed by atoms with E-state index in [1.54, 1.807) is 6.20 Å². The molecule has 4 nitrogen and oxygen atoms in total. The molecule has 110 valence electrons. The number of hydrogen-bond donors (Lipinski definition) is 2. The Labute approximate surface area is 125 Å². The van der Waals surface area contributed by atoms with Crippen molar-refractivity contribution in [3.8, 4) is 0 Å². The molecule has 0 spiro atoms. The Hall–Kier alpha value is -2.10. The first-order chi connectivity index (χ1) is 10.3. The number of amides is 1. The molecular weight excluding hydrogens is 262 g/mol. The summed E-state index contributed by atoms with van der Waals surface area (Å²) in [5, 5.41) is 9.90. The molecule has 4 heteroatoms. The normalized spacial score (nSPS) is 16.2. The van der Waals surface area contributed by atoms with Crippen LogP contribution >= 0.6 is 0 Å². The third-order valence-electron chi connectivity index (χ3n) is 4.24. The molecule has 3 rings (SSSR count). The smallest absolute Gasteiger partial charge is 0.226 e. The SMILES string of the molecule is O=C(Cc1ccn[nH]1)N[C@@H](CC1CCC1)c1ccccc1. The summed E-state index contributed by atoms with van der Waals surface area (Å²) < 4.78 is 0. The van der Waals surface area contributed by atoms with E-state index < -0.39 is 0 Å². The van der Waals surface area contributed by atoms with Crippen LogP contribution in [0.25, 0.3) is 0 Å². The Balaban J connectivity index is 1.65. The first kappa shape index (κ1) is 13.9. The number of nitrogens with zero attached hydrogens (tertiary/aromatic N) is 1. The highest BCUT2D eigenvalue weighted by atomic mass is 16.1. The molecule has 1 aliphatic carbocycles. The molecule has 1 saturated carbocycles. The molecule has 1 atom stereocenters. The topological polar surface area (TPSA) is 57.8 Å². The maximum atomic E-state index is 12.2. The van der Waals surface area contributed by atoms with E-state index in [1.807, 2.05) is 24.3 Å². The lowest BCUT2D eigenvalue weighted by Crippen LogP contribution is -2.32. The van der Waals surface area contributed by atoms with Crippen LogP contribution in [0.15, 0.2) is 42.6 Å². The van der Waals surface area contributed by atoms with E-state index in [4.69, 9.17) is 0 Å². The van der Waals surface area contributed by atoms with E-state index in [2.05, 4.69) is 27.6 Å². The Morgan fingerprint density at radius 2 is 2.10 bits per heavy atom. The molecule has 0 unspecified atom stereocenters. The number of aromatic nitrogens is 2. The molecule has 0 aliphatic heterocycles. The molecule has 0 radical (unpaired) electrons. The van der Waals surface area contributed by atoms with Crippen molar-refractivity contribution in [2.24, 2.45) is 5.92 Å². The van der Waals surface area contributed by atoms with Gasteiger partial charge in [-0.3, -0.25) is 9.89 Å². The number of hydrogen-bond acceptors (Lipinski definition) is 2. The lowest BCUT2D eigenvalue weighted by atomic mass is 9.79. The minimum absolute atomic E-state index is 0.0485. The lowest BCUT2D eigenvalue weighted by molar-refractivity contribution is -0.121. The van der Waals surface area contributed by atoms with Gasteiger partial charge in [-0.2, -0.15) is 5.10 Å². The fourth-order valence-electron chi connectivity index (χ4n) is 2.83. The van der Waals surface area contributed by atoms with E-state index in [0.717, 1.165) is 18.0 Å². The first-order valence-corrected chi connectivity index (χ1v) is 7.64. The summed E-state index contributed by atoms with van der Waals surface area (Å²) in [6.07, 6.45) is 6.98. The van der Waals surface area contributed by atoms with Gasteiger partial charge in [0.1, 0.15) is 0 Å². The van der Waals surface area contributed by atoms with Crippen LogP contribution in [0.2, 0.25) is 0 Å². The molecule has 1 aromatic carbocycles. The second kappa shape index (κ2) is 6.57. The first-order valence-electron chi connectivity index (χ1n) is 7.64. The average molecular weight is 283 g/mol. The van der Waals surface area contributed by atoms with Crippen molar-refractivity contribution < 1.29 is 4.79 Å². The summed E-state index contributed by atoms with van der Waals surface area (Å²) in [5.74, 6) is 0.801. The van der Waals surface area contributed by atoms with Gasteiger partial charge in [0.05, 0.1) is 12.5 Å². The number of carbonyl (C=O) groups excluding carboxylic acids is 1. The summed E-state index contributed by atoms with van der Waals surface area (Å²) in [7, 11) is 0. The number of nitrogens with one attached hydrogen (secondary N) is 2. The van der Waals surface area contributed by atoms with Crippen LogP contribution in [-0.2, 0) is 11.2 Å². The van der Waals surface area contributed by atoms with Crippen molar-refractivity contribution >= 4 is 5.91 Å². The van der Waals surface area contributed by atoms with Gasteiger partial charge in [0, 0.05) is 11.9 Å². The molecule has 1 aliphatic rings. The molecule has 0 saturated heterocycles. The number of benzene rings is 1. The molecule has 1 aromatic heterocycles. The molecular formula is C17H21N3O. The van der Waals surface area contributed by atoms with E-state index in [9.17, 15) is 4.79 Å². The van der Waals surface area contributed by atoms with Crippen LogP contribution in [0.3, 0.4) is 0 Å². The second-order valence-corrected chi connectivity index (χ2v) is 5.82. The molecule has 0 bridgehead atoms. The van der Waals surface area contributed by atoms with Gasteiger partial charge in [-0.15, -0.1) is 0 Å². The highest BCUT2D eigenvalue weighted by Gasteiger charge is 2.24. The van der Waals surface area contributed by atoms with Gasteiger partial charge in [0.2, 0.25) is 5.91 Å². The van der Waals surface area contributed by atoms with E-state index >= 15 is 0 Å². The van der Waals surface area contributed by atoms with Gasteiger partial charge in [-0.1, -0.05) is 49.6 Å². The minimum atomic E-state index is 0.0485. The predicted molar refractivity (Wildman–Crippen MR) is 81.6 cm³/mol. The number of rotatable bonds is 6. The predicted octanol–water partition coefficient (Wildman–Crippen LogP) is 3.00. The highest BCUT2D eigenvalue weighted by Crippen LogP contribution is 2.34. The third kappa shape index (κ3) is 3.72. The van der Waals surface area contributed by atoms with E-state index in [0.29, 0.717) is 6.42 Å². The van der Waals surface area contributed by atoms with Gasteiger partial charge in [0.15, 0.2) is 0 Å². The van der Waals surface area contributed by atoms with Gasteiger partial charge in [-0.05, 0) is 24.0 Å². The summed E-state index contributed by atoms with van der Waals surface area (Å²) in [4.78, 5) is 12.2. The monoisotopic (exact) mass is 283 g/mol. The minimum Gasteiger partial charge on any atom is -0.349 e.